The molecule has 0 amide bonds. The van der Waals surface area contributed by atoms with Crippen LogP contribution < -0.4 is 4.74 Å². The number of hydrogen-bond acceptors (Lipinski definition) is 4. The van der Waals surface area contributed by atoms with Crippen LogP contribution in [0.3, 0.4) is 0 Å². The number of benzene rings is 3. The van der Waals surface area contributed by atoms with Crippen LogP contribution in [0.2, 0.25) is 0 Å². The van der Waals surface area contributed by atoms with E-state index in [2.05, 4.69) is 61.3 Å². The smallest absolute Gasteiger partial charge is 0.333 e. The van der Waals surface area contributed by atoms with E-state index in [1.165, 1.54) is 27.8 Å². The van der Waals surface area contributed by atoms with Gasteiger partial charge in [0, 0.05) is 19.6 Å². The van der Waals surface area contributed by atoms with Gasteiger partial charge in [-0.15, -0.1) is 0 Å². The molecular formula is C31H37NO4. The predicted octanol–water partition coefficient (Wildman–Crippen LogP) is 5.48. The highest BCUT2D eigenvalue weighted by atomic mass is 16.5. The lowest BCUT2D eigenvalue weighted by atomic mass is 9.92. The fourth-order valence-corrected chi connectivity index (χ4v) is 5.08. The molecule has 1 N–H and O–H groups in total. The molecule has 36 heavy (non-hydrogen) atoms. The molecular weight excluding hydrogens is 450 g/mol. The maximum absolute atomic E-state index is 11.4. The lowest BCUT2D eigenvalue weighted by molar-refractivity contribution is -0.149. The van der Waals surface area contributed by atoms with E-state index in [-0.39, 0.29) is 6.04 Å². The number of hydrogen-bond donors (Lipinski definition) is 1. The van der Waals surface area contributed by atoms with Crippen LogP contribution in [0.1, 0.15) is 53.3 Å². The van der Waals surface area contributed by atoms with Crippen molar-refractivity contribution in [2.24, 2.45) is 0 Å². The summed E-state index contributed by atoms with van der Waals surface area (Å²) in [5, 5.41) is 9.31. The average molecular weight is 488 g/mol. The first-order valence-corrected chi connectivity index (χ1v) is 13.0. The van der Waals surface area contributed by atoms with Crippen molar-refractivity contribution in [3.8, 4) is 5.75 Å². The number of carboxylic acids is 1. The summed E-state index contributed by atoms with van der Waals surface area (Å²) in [6, 6.07) is 23.6. The Bertz CT molecular complexity index is 1160. The van der Waals surface area contributed by atoms with Crippen LogP contribution in [0.5, 0.6) is 5.75 Å². The first kappa shape index (κ1) is 25.9. The molecule has 0 aliphatic heterocycles. The predicted molar refractivity (Wildman–Crippen MR) is 143 cm³/mol. The Hall–Kier alpha value is -3.15. The largest absolute Gasteiger partial charge is 0.492 e. The second-order valence-electron chi connectivity index (χ2n) is 9.45. The lowest BCUT2D eigenvalue weighted by Crippen LogP contribution is -2.30. The summed E-state index contributed by atoms with van der Waals surface area (Å²) in [7, 11) is 2.18. The van der Waals surface area contributed by atoms with Crippen LogP contribution in [-0.4, -0.2) is 48.9 Å². The van der Waals surface area contributed by atoms with Gasteiger partial charge in [-0.25, -0.2) is 4.79 Å². The first-order valence-electron chi connectivity index (χ1n) is 13.0. The van der Waals surface area contributed by atoms with Gasteiger partial charge in [0.05, 0.1) is 6.04 Å². The van der Waals surface area contributed by atoms with Gasteiger partial charge in [0.2, 0.25) is 0 Å². The average Bonchev–Trinajstić information content (AvgIpc) is 3.05. The van der Waals surface area contributed by atoms with Gasteiger partial charge in [-0.2, -0.15) is 0 Å². The third-order valence-electron chi connectivity index (χ3n) is 7.07. The van der Waals surface area contributed by atoms with Crippen molar-refractivity contribution in [2.75, 3.05) is 26.8 Å². The number of aliphatic carboxylic acids is 1. The second-order valence-corrected chi connectivity index (χ2v) is 9.45. The third-order valence-corrected chi connectivity index (χ3v) is 7.07. The number of rotatable bonds is 11. The lowest BCUT2D eigenvalue weighted by Gasteiger charge is -2.30. The second kappa shape index (κ2) is 12.2. The van der Waals surface area contributed by atoms with E-state index >= 15 is 0 Å². The molecule has 0 radical (unpaired) electrons. The molecule has 0 saturated heterocycles. The number of nitrogens with zero attached hydrogens (tertiary/aromatic N) is 1. The minimum Gasteiger partial charge on any atom is -0.492 e. The van der Waals surface area contributed by atoms with E-state index in [1.54, 1.807) is 6.92 Å². The highest BCUT2D eigenvalue weighted by molar-refractivity contribution is 5.72. The Kier molecular flexibility index (Phi) is 8.79. The molecule has 190 valence electrons. The van der Waals surface area contributed by atoms with E-state index in [0.29, 0.717) is 19.6 Å². The molecule has 2 atom stereocenters. The van der Waals surface area contributed by atoms with Crippen molar-refractivity contribution >= 4 is 5.97 Å². The molecule has 0 aromatic heterocycles. The van der Waals surface area contributed by atoms with Crippen LogP contribution in [0, 0.1) is 0 Å². The van der Waals surface area contributed by atoms with Crippen LogP contribution in [-0.2, 0) is 35.2 Å². The molecule has 0 heterocycles. The van der Waals surface area contributed by atoms with Gasteiger partial charge < -0.3 is 14.6 Å². The summed E-state index contributed by atoms with van der Waals surface area (Å²) in [5.41, 5.74) is 7.94. The highest BCUT2D eigenvalue weighted by Gasteiger charge is 2.27. The Labute approximate surface area is 214 Å². The van der Waals surface area contributed by atoms with E-state index in [1.807, 2.05) is 24.3 Å². The third kappa shape index (κ3) is 6.15. The Balaban J connectivity index is 1.44. The SMILES string of the molecule is CCOC(Cc1ccc(OCCN(C)C2c3ccccc3CCc3ccc(CC)cc32)cc1)C(=O)O. The molecule has 3 aromatic carbocycles. The highest BCUT2D eigenvalue weighted by Crippen LogP contribution is 2.36. The van der Waals surface area contributed by atoms with Crippen molar-refractivity contribution < 1.29 is 19.4 Å². The molecule has 2 unspecified atom stereocenters. The van der Waals surface area contributed by atoms with Crippen LogP contribution in [0.4, 0.5) is 0 Å². The molecule has 0 fully saturated rings. The van der Waals surface area contributed by atoms with Crippen molar-refractivity contribution in [2.45, 2.75) is 51.7 Å². The van der Waals surface area contributed by atoms with Crippen LogP contribution >= 0.6 is 0 Å². The van der Waals surface area contributed by atoms with Gasteiger partial charge in [-0.05, 0) is 78.7 Å². The fraction of sp³-hybridized carbons (Fsp3) is 0.387. The molecule has 1 aliphatic carbocycles. The monoisotopic (exact) mass is 487 g/mol. The van der Waals surface area contributed by atoms with E-state index in [4.69, 9.17) is 9.47 Å². The number of aryl methyl sites for hydroxylation is 3. The summed E-state index contributed by atoms with van der Waals surface area (Å²) < 4.78 is 11.4. The van der Waals surface area contributed by atoms with Crippen molar-refractivity contribution in [3.63, 3.8) is 0 Å². The fourth-order valence-electron chi connectivity index (χ4n) is 5.08. The van der Waals surface area contributed by atoms with Crippen molar-refractivity contribution in [1.29, 1.82) is 0 Å². The van der Waals surface area contributed by atoms with Gasteiger partial charge in [0.15, 0.2) is 6.10 Å². The van der Waals surface area contributed by atoms with Crippen molar-refractivity contribution in [1.82, 2.24) is 4.90 Å². The zero-order valence-electron chi connectivity index (χ0n) is 21.6. The molecule has 0 spiro atoms. The number of fused-ring (bicyclic) bond motifs is 2. The van der Waals surface area contributed by atoms with E-state index in [9.17, 15) is 9.90 Å². The van der Waals surface area contributed by atoms with Crippen LogP contribution in [0.15, 0.2) is 66.7 Å². The van der Waals surface area contributed by atoms with Crippen LogP contribution in [0.25, 0.3) is 0 Å². The summed E-state index contributed by atoms with van der Waals surface area (Å²) >= 11 is 0. The van der Waals surface area contributed by atoms with Gasteiger partial charge in [-0.3, -0.25) is 4.90 Å². The van der Waals surface area contributed by atoms with Gasteiger partial charge >= 0.3 is 5.97 Å². The zero-order valence-corrected chi connectivity index (χ0v) is 21.6. The van der Waals surface area contributed by atoms with E-state index < -0.39 is 12.1 Å². The maximum Gasteiger partial charge on any atom is 0.333 e. The summed E-state index contributed by atoms with van der Waals surface area (Å²) in [4.78, 5) is 13.8. The normalized spacial score (nSPS) is 15.6. The minimum atomic E-state index is -0.937. The molecule has 0 saturated carbocycles. The number of carboxylic acid groups (broad SMARTS) is 1. The number of ether oxygens (including phenoxy) is 2. The van der Waals surface area contributed by atoms with Gasteiger partial charge in [0.1, 0.15) is 12.4 Å². The van der Waals surface area contributed by atoms with Crippen molar-refractivity contribution in [3.05, 3.63) is 100 Å². The number of likely N-dealkylation sites (N-methyl/N-ethyl adjacent to an activating group) is 1. The van der Waals surface area contributed by atoms with E-state index in [0.717, 1.165) is 37.1 Å². The Morgan fingerprint density at radius 3 is 2.36 bits per heavy atom. The standard InChI is InChI=1S/C31H37NO4/c1-4-22-10-13-25-15-14-24-8-6-7-9-27(24)30(28(25)20-22)32(3)18-19-36-26-16-11-23(12-17-26)21-29(31(33)34)35-5-2/h6-13,16-17,20,29-30H,4-5,14-15,18-19,21H2,1-3H3,(H,33,34). The quantitative estimate of drug-likeness (QED) is 0.388. The summed E-state index contributed by atoms with van der Waals surface area (Å²) in [6.07, 6.45) is 2.67. The van der Waals surface area contributed by atoms with Gasteiger partial charge in [0.25, 0.3) is 0 Å². The molecule has 1 aliphatic rings. The molecule has 3 aromatic rings. The Morgan fingerprint density at radius 2 is 1.67 bits per heavy atom. The zero-order chi connectivity index (χ0) is 25.5. The topological polar surface area (TPSA) is 59.0 Å². The summed E-state index contributed by atoms with van der Waals surface area (Å²) in [6.45, 7) is 5.74. The molecule has 4 rings (SSSR count). The Morgan fingerprint density at radius 1 is 0.972 bits per heavy atom. The minimum absolute atomic E-state index is 0.197. The van der Waals surface area contributed by atoms with Gasteiger partial charge in [-0.1, -0.05) is 61.5 Å². The molecule has 5 heteroatoms. The first-order chi connectivity index (χ1) is 17.5. The molecule has 5 nitrogen and oxygen atoms in total. The summed E-state index contributed by atoms with van der Waals surface area (Å²) in [5.74, 6) is -0.154. The molecule has 0 bridgehead atoms. The maximum atomic E-state index is 11.4. The number of carbonyl (C=O) groups is 1.